The molecule has 1 fully saturated rings. The molecule has 1 saturated heterocycles. The van der Waals surface area contributed by atoms with Crippen LogP contribution in [0, 0.1) is 0 Å². The normalized spacial score (nSPS) is 19.2. The summed E-state index contributed by atoms with van der Waals surface area (Å²) in [5.74, 6) is 0.973. The first-order valence-corrected chi connectivity index (χ1v) is 7.54. The molecule has 0 unspecified atom stereocenters. The van der Waals surface area contributed by atoms with E-state index in [2.05, 4.69) is 22.5 Å². The number of nitrogens with zero attached hydrogens (tertiary/aromatic N) is 1. The van der Waals surface area contributed by atoms with Crippen LogP contribution in [-0.4, -0.2) is 56.7 Å². The molecule has 0 aromatic heterocycles. The fourth-order valence-corrected chi connectivity index (χ4v) is 2.60. The molecule has 21 heavy (non-hydrogen) atoms. The monoisotopic (exact) mass is 291 g/mol. The van der Waals surface area contributed by atoms with Crippen molar-refractivity contribution in [3.8, 4) is 5.75 Å². The van der Waals surface area contributed by atoms with Gasteiger partial charge in [-0.25, -0.2) is 0 Å². The second-order valence-electron chi connectivity index (χ2n) is 5.44. The quantitative estimate of drug-likeness (QED) is 0.808. The van der Waals surface area contributed by atoms with Crippen molar-refractivity contribution in [1.29, 1.82) is 0 Å². The van der Waals surface area contributed by atoms with Crippen LogP contribution >= 0.6 is 0 Å². The van der Waals surface area contributed by atoms with Crippen molar-refractivity contribution in [2.45, 2.75) is 19.4 Å². The van der Waals surface area contributed by atoms with Crippen LogP contribution < -0.4 is 15.4 Å². The molecule has 0 bridgehead atoms. The Kier molecular flexibility index (Phi) is 6.02. The minimum absolute atomic E-state index is 0.0960. The number of carbonyl (C=O) groups is 1. The largest absolute Gasteiger partial charge is 0.496 e. The van der Waals surface area contributed by atoms with Crippen molar-refractivity contribution >= 4 is 5.91 Å². The summed E-state index contributed by atoms with van der Waals surface area (Å²) in [5, 5.41) is 6.32. The van der Waals surface area contributed by atoms with E-state index in [1.807, 2.05) is 24.3 Å². The van der Waals surface area contributed by atoms with E-state index in [-0.39, 0.29) is 5.91 Å². The maximum absolute atomic E-state index is 12.0. The highest BCUT2D eigenvalue weighted by Crippen LogP contribution is 2.17. The zero-order chi connectivity index (χ0) is 15.1. The Morgan fingerprint density at radius 2 is 2.29 bits per heavy atom. The third-order valence-corrected chi connectivity index (χ3v) is 3.89. The number of benzene rings is 1. The predicted octanol–water partition coefficient (Wildman–Crippen LogP) is 0.648. The minimum atomic E-state index is 0.0960. The number of nitrogens with one attached hydrogen (secondary N) is 2. The minimum Gasteiger partial charge on any atom is -0.496 e. The highest BCUT2D eigenvalue weighted by atomic mass is 16.5. The zero-order valence-corrected chi connectivity index (χ0v) is 12.9. The Labute approximate surface area is 126 Å². The second-order valence-corrected chi connectivity index (χ2v) is 5.44. The van der Waals surface area contributed by atoms with Crippen LogP contribution in [0.1, 0.15) is 12.5 Å². The summed E-state index contributed by atoms with van der Waals surface area (Å²) in [5.41, 5.74) is 1.12. The number of piperazine rings is 1. The van der Waals surface area contributed by atoms with Crippen molar-refractivity contribution in [2.75, 3.05) is 39.8 Å². The van der Waals surface area contributed by atoms with Gasteiger partial charge in [-0.15, -0.1) is 0 Å². The maximum atomic E-state index is 12.0. The van der Waals surface area contributed by atoms with Gasteiger partial charge in [-0.1, -0.05) is 18.2 Å². The van der Waals surface area contributed by atoms with E-state index in [0.29, 0.717) is 19.1 Å². The van der Waals surface area contributed by atoms with E-state index in [4.69, 9.17) is 4.74 Å². The molecule has 5 heteroatoms. The van der Waals surface area contributed by atoms with Gasteiger partial charge >= 0.3 is 0 Å². The van der Waals surface area contributed by atoms with E-state index in [0.717, 1.165) is 37.4 Å². The topological polar surface area (TPSA) is 53.6 Å². The van der Waals surface area contributed by atoms with Gasteiger partial charge in [0.25, 0.3) is 0 Å². The Morgan fingerprint density at radius 1 is 1.48 bits per heavy atom. The lowest BCUT2D eigenvalue weighted by atomic mass is 10.1. The number of para-hydroxylation sites is 1. The van der Waals surface area contributed by atoms with Crippen molar-refractivity contribution in [3.63, 3.8) is 0 Å². The average Bonchev–Trinajstić information content (AvgIpc) is 2.50. The summed E-state index contributed by atoms with van der Waals surface area (Å²) >= 11 is 0. The molecule has 0 aliphatic carbocycles. The number of rotatable bonds is 6. The standard InChI is InChI=1S/C16H25N3O2/c1-13-11-17-9-10-19(13)12-16(20)18-8-7-14-5-3-4-6-15(14)21-2/h3-6,13,17H,7-12H2,1-2H3,(H,18,20)/t13-/m1/s1. The van der Waals surface area contributed by atoms with Crippen molar-refractivity contribution in [2.24, 2.45) is 0 Å². The van der Waals surface area contributed by atoms with E-state index >= 15 is 0 Å². The molecular weight excluding hydrogens is 266 g/mol. The molecule has 0 spiro atoms. The summed E-state index contributed by atoms with van der Waals surface area (Å²) in [6.45, 7) is 6.11. The van der Waals surface area contributed by atoms with Gasteiger partial charge in [0.1, 0.15) is 5.75 Å². The van der Waals surface area contributed by atoms with Crippen LogP contribution in [0.5, 0.6) is 5.75 Å². The van der Waals surface area contributed by atoms with Crippen molar-refractivity contribution in [1.82, 2.24) is 15.5 Å². The Balaban J connectivity index is 1.74. The van der Waals surface area contributed by atoms with Crippen LogP contribution in [0.4, 0.5) is 0 Å². The van der Waals surface area contributed by atoms with Crippen LogP contribution in [-0.2, 0) is 11.2 Å². The zero-order valence-electron chi connectivity index (χ0n) is 12.9. The highest BCUT2D eigenvalue weighted by Gasteiger charge is 2.19. The fraction of sp³-hybridized carbons (Fsp3) is 0.562. The summed E-state index contributed by atoms with van der Waals surface area (Å²) in [7, 11) is 1.67. The molecule has 2 rings (SSSR count). The molecule has 1 amide bonds. The molecule has 2 N–H and O–H groups in total. The maximum Gasteiger partial charge on any atom is 0.234 e. The van der Waals surface area contributed by atoms with Gasteiger partial charge in [0, 0.05) is 32.2 Å². The van der Waals surface area contributed by atoms with E-state index in [1.54, 1.807) is 7.11 Å². The molecule has 1 atom stereocenters. The summed E-state index contributed by atoms with van der Waals surface area (Å²) in [6, 6.07) is 8.33. The molecule has 1 aromatic rings. The van der Waals surface area contributed by atoms with Gasteiger partial charge in [-0.2, -0.15) is 0 Å². The first-order valence-electron chi connectivity index (χ1n) is 7.54. The van der Waals surface area contributed by atoms with Crippen molar-refractivity contribution in [3.05, 3.63) is 29.8 Å². The Hall–Kier alpha value is -1.59. The second kappa shape index (κ2) is 8.00. The number of methoxy groups -OCH3 is 1. The summed E-state index contributed by atoms with van der Waals surface area (Å²) < 4.78 is 5.31. The third-order valence-electron chi connectivity index (χ3n) is 3.89. The highest BCUT2D eigenvalue weighted by molar-refractivity contribution is 5.78. The number of amides is 1. The van der Waals surface area contributed by atoms with Gasteiger partial charge in [0.05, 0.1) is 13.7 Å². The third kappa shape index (κ3) is 4.72. The lowest BCUT2D eigenvalue weighted by Crippen LogP contribution is -2.52. The molecule has 5 nitrogen and oxygen atoms in total. The lowest BCUT2D eigenvalue weighted by Gasteiger charge is -2.33. The molecule has 1 aromatic carbocycles. The number of hydrogen-bond donors (Lipinski definition) is 2. The van der Waals surface area contributed by atoms with E-state index < -0.39 is 0 Å². The summed E-state index contributed by atoms with van der Waals surface area (Å²) in [4.78, 5) is 14.2. The molecule has 0 radical (unpaired) electrons. The lowest BCUT2D eigenvalue weighted by molar-refractivity contribution is -0.122. The molecule has 0 saturated carbocycles. The van der Waals surface area contributed by atoms with Gasteiger partial charge in [-0.3, -0.25) is 9.69 Å². The van der Waals surface area contributed by atoms with Gasteiger partial charge in [0.2, 0.25) is 5.91 Å². The average molecular weight is 291 g/mol. The fourth-order valence-electron chi connectivity index (χ4n) is 2.60. The molecular formula is C16H25N3O2. The first kappa shape index (κ1) is 15.8. The van der Waals surface area contributed by atoms with Crippen LogP contribution in [0.25, 0.3) is 0 Å². The SMILES string of the molecule is COc1ccccc1CCNC(=O)CN1CCNC[C@H]1C. The molecule has 1 aliphatic heterocycles. The van der Waals surface area contributed by atoms with E-state index in [1.165, 1.54) is 0 Å². The Morgan fingerprint density at radius 3 is 3.05 bits per heavy atom. The van der Waals surface area contributed by atoms with Gasteiger partial charge < -0.3 is 15.4 Å². The van der Waals surface area contributed by atoms with Crippen LogP contribution in [0.2, 0.25) is 0 Å². The van der Waals surface area contributed by atoms with Gasteiger partial charge in [-0.05, 0) is 25.0 Å². The number of hydrogen-bond acceptors (Lipinski definition) is 4. The Bertz CT molecular complexity index is 465. The molecule has 1 aliphatic rings. The smallest absolute Gasteiger partial charge is 0.234 e. The molecule has 1 heterocycles. The summed E-state index contributed by atoms with van der Waals surface area (Å²) in [6.07, 6.45) is 0.785. The van der Waals surface area contributed by atoms with Crippen LogP contribution in [0.15, 0.2) is 24.3 Å². The van der Waals surface area contributed by atoms with E-state index in [9.17, 15) is 4.79 Å². The van der Waals surface area contributed by atoms with Gasteiger partial charge in [0.15, 0.2) is 0 Å². The predicted molar refractivity (Wildman–Crippen MR) is 83.6 cm³/mol. The van der Waals surface area contributed by atoms with Crippen LogP contribution in [0.3, 0.4) is 0 Å². The number of carbonyl (C=O) groups excluding carboxylic acids is 1. The first-order chi connectivity index (χ1) is 10.2. The van der Waals surface area contributed by atoms with Crippen molar-refractivity contribution < 1.29 is 9.53 Å². The molecule has 116 valence electrons. The number of ether oxygens (including phenoxy) is 1.